The molecule has 1 heterocycles. The quantitative estimate of drug-likeness (QED) is 0.821. The van der Waals surface area contributed by atoms with Crippen LogP contribution in [0.25, 0.3) is 10.9 Å². The molecule has 0 aliphatic rings. The molecule has 1 aromatic carbocycles. The summed E-state index contributed by atoms with van der Waals surface area (Å²) >= 11 is 0. The van der Waals surface area contributed by atoms with Crippen molar-refractivity contribution in [1.29, 1.82) is 0 Å². The van der Waals surface area contributed by atoms with E-state index in [0.717, 1.165) is 16.7 Å². The highest BCUT2D eigenvalue weighted by Gasteiger charge is 2.09. The summed E-state index contributed by atoms with van der Waals surface area (Å²) in [6.45, 7) is -0.254. The molecular formula is C11H9FN2O4. The number of carboxylic acids is 1. The van der Waals surface area contributed by atoms with Gasteiger partial charge in [-0.05, 0) is 18.2 Å². The number of aromatic amines is 1. The predicted octanol–water partition coefficient (Wildman–Crippen LogP) is 0.304. The van der Waals surface area contributed by atoms with Crippen molar-refractivity contribution in [2.24, 2.45) is 0 Å². The van der Waals surface area contributed by atoms with Gasteiger partial charge in [-0.25, -0.2) is 9.18 Å². The molecule has 0 spiro atoms. The normalized spacial score (nSPS) is 10.7. The molecule has 2 N–H and O–H groups in total. The van der Waals surface area contributed by atoms with Gasteiger partial charge in [0.2, 0.25) is 0 Å². The number of carbonyl (C=O) groups is 1. The molecule has 0 aliphatic heterocycles. The topological polar surface area (TPSA) is 92.2 Å². The van der Waals surface area contributed by atoms with E-state index in [4.69, 9.17) is 5.11 Å². The number of fused-ring (bicyclic) bond motifs is 1. The number of aliphatic carboxylic acids is 1. The monoisotopic (exact) mass is 252 g/mol. The van der Waals surface area contributed by atoms with Crippen molar-refractivity contribution in [3.05, 3.63) is 44.9 Å². The smallest absolute Gasteiger partial charge is 0.328 e. The minimum absolute atomic E-state index is 0.0139. The van der Waals surface area contributed by atoms with E-state index in [-0.39, 0.29) is 23.9 Å². The average Bonchev–Trinajstić information content (AvgIpc) is 2.30. The summed E-state index contributed by atoms with van der Waals surface area (Å²) in [5.74, 6) is -1.72. The SMILES string of the molecule is O=C(O)CCn1c(=O)[nH]c2ccc(F)cc2c1=O. The first-order chi connectivity index (χ1) is 8.49. The van der Waals surface area contributed by atoms with Crippen LogP contribution in [0.4, 0.5) is 4.39 Å². The fraction of sp³-hybridized carbons (Fsp3) is 0.182. The van der Waals surface area contributed by atoms with Crippen molar-refractivity contribution in [3.8, 4) is 0 Å². The maximum Gasteiger partial charge on any atom is 0.328 e. The average molecular weight is 252 g/mol. The summed E-state index contributed by atoms with van der Waals surface area (Å²) in [6, 6.07) is 3.42. The van der Waals surface area contributed by atoms with Gasteiger partial charge in [0.25, 0.3) is 5.56 Å². The highest BCUT2D eigenvalue weighted by Crippen LogP contribution is 2.07. The number of hydrogen-bond donors (Lipinski definition) is 2. The van der Waals surface area contributed by atoms with E-state index in [1.165, 1.54) is 6.07 Å². The molecule has 0 amide bonds. The number of halogens is 1. The minimum atomic E-state index is -1.12. The van der Waals surface area contributed by atoms with E-state index >= 15 is 0 Å². The van der Waals surface area contributed by atoms with Crippen LogP contribution in [0.2, 0.25) is 0 Å². The first-order valence-electron chi connectivity index (χ1n) is 5.13. The number of benzene rings is 1. The van der Waals surface area contributed by atoms with Gasteiger partial charge in [0.15, 0.2) is 0 Å². The summed E-state index contributed by atoms with van der Waals surface area (Å²) in [7, 11) is 0. The van der Waals surface area contributed by atoms with Crippen LogP contribution in [0.3, 0.4) is 0 Å². The third kappa shape index (κ3) is 2.15. The molecule has 0 atom stereocenters. The second kappa shape index (κ2) is 4.44. The molecule has 0 saturated heterocycles. The summed E-state index contributed by atoms with van der Waals surface area (Å²) in [4.78, 5) is 36.3. The Morgan fingerprint density at radius 1 is 1.39 bits per heavy atom. The Hall–Kier alpha value is -2.44. The Balaban J connectivity index is 2.64. The lowest BCUT2D eigenvalue weighted by Crippen LogP contribution is -2.35. The molecule has 2 aromatic rings. The number of aromatic nitrogens is 2. The molecule has 0 fully saturated rings. The van der Waals surface area contributed by atoms with Gasteiger partial charge >= 0.3 is 11.7 Å². The van der Waals surface area contributed by atoms with Crippen LogP contribution in [-0.2, 0) is 11.3 Å². The molecule has 0 saturated carbocycles. The van der Waals surface area contributed by atoms with Crippen molar-refractivity contribution in [2.75, 3.05) is 0 Å². The number of hydrogen-bond acceptors (Lipinski definition) is 3. The molecule has 7 heteroatoms. The summed E-state index contributed by atoms with van der Waals surface area (Å²) < 4.78 is 13.8. The Kier molecular flexibility index (Phi) is 2.97. The largest absolute Gasteiger partial charge is 0.481 e. The van der Waals surface area contributed by atoms with Crippen molar-refractivity contribution in [3.63, 3.8) is 0 Å². The molecule has 0 bridgehead atoms. The predicted molar refractivity (Wildman–Crippen MR) is 61.0 cm³/mol. The third-order valence-electron chi connectivity index (χ3n) is 2.49. The van der Waals surface area contributed by atoms with Crippen LogP contribution < -0.4 is 11.2 Å². The van der Waals surface area contributed by atoms with Crippen LogP contribution in [0, 0.1) is 5.82 Å². The van der Waals surface area contributed by atoms with Crippen LogP contribution >= 0.6 is 0 Å². The molecule has 2 rings (SSSR count). The number of nitrogens with zero attached hydrogens (tertiary/aromatic N) is 1. The maximum absolute atomic E-state index is 13.0. The highest BCUT2D eigenvalue weighted by atomic mass is 19.1. The highest BCUT2D eigenvalue weighted by molar-refractivity contribution is 5.77. The van der Waals surface area contributed by atoms with E-state index < -0.39 is 23.0 Å². The Bertz CT molecular complexity index is 732. The van der Waals surface area contributed by atoms with Gasteiger partial charge in [-0.1, -0.05) is 0 Å². The van der Waals surface area contributed by atoms with Gasteiger partial charge in [-0.3, -0.25) is 14.2 Å². The van der Waals surface area contributed by atoms with Gasteiger partial charge in [0.1, 0.15) is 5.82 Å². The van der Waals surface area contributed by atoms with Gasteiger partial charge < -0.3 is 10.1 Å². The summed E-state index contributed by atoms with van der Waals surface area (Å²) in [5, 5.41) is 8.54. The zero-order chi connectivity index (χ0) is 13.3. The second-order valence-corrected chi connectivity index (χ2v) is 3.72. The first kappa shape index (κ1) is 12.0. The van der Waals surface area contributed by atoms with Crippen molar-refractivity contribution < 1.29 is 14.3 Å². The van der Waals surface area contributed by atoms with E-state index in [0.29, 0.717) is 0 Å². The lowest BCUT2D eigenvalue weighted by molar-refractivity contribution is -0.137. The Morgan fingerprint density at radius 3 is 2.78 bits per heavy atom. The fourth-order valence-corrected chi connectivity index (χ4v) is 1.63. The zero-order valence-corrected chi connectivity index (χ0v) is 9.14. The van der Waals surface area contributed by atoms with Crippen molar-refractivity contribution in [2.45, 2.75) is 13.0 Å². The number of nitrogens with one attached hydrogen (secondary N) is 1. The maximum atomic E-state index is 13.0. The number of rotatable bonds is 3. The molecule has 1 aromatic heterocycles. The Labute approximate surface area is 99.3 Å². The zero-order valence-electron chi connectivity index (χ0n) is 9.14. The molecule has 0 unspecified atom stereocenters. The molecule has 0 aliphatic carbocycles. The summed E-state index contributed by atoms with van der Waals surface area (Å²) in [5.41, 5.74) is -1.19. The summed E-state index contributed by atoms with van der Waals surface area (Å²) in [6.07, 6.45) is -0.357. The van der Waals surface area contributed by atoms with Crippen LogP contribution in [-0.4, -0.2) is 20.6 Å². The molecule has 18 heavy (non-hydrogen) atoms. The Morgan fingerprint density at radius 2 is 2.11 bits per heavy atom. The van der Waals surface area contributed by atoms with Gasteiger partial charge in [0.05, 0.1) is 17.3 Å². The van der Waals surface area contributed by atoms with Gasteiger partial charge in [-0.15, -0.1) is 0 Å². The van der Waals surface area contributed by atoms with Crippen LogP contribution in [0.15, 0.2) is 27.8 Å². The molecule has 94 valence electrons. The van der Waals surface area contributed by atoms with Crippen molar-refractivity contribution >= 4 is 16.9 Å². The van der Waals surface area contributed by atoms with E-state index in [1.807, 2.05) is 0 Å². The third-order valence-corrected chi connectivity index (χ3v) is 2.49. The van der Waals surface area contributed by atoms with E-state index in [9.17, 15) is 18.8 Å². The van der Waals surface area contributed by atoms with E-state index in [1.54, 1.807) is 0 Å². The van der Waals surface area contributed by atoms with Crippen molar-refractivity contribution in [1.82, 2.24) is 9.55 Å². The first-order valence-corrected chi connectivity index (χ1v) is 5.13. The van der Waals surface area contributed by atoms with E-state index in [2.05, 4.69) is 4.98 Å². The molecule has 6 nitrogen and oxygen atoms in total. The molecular weight excluding hydrogens is 243 g/mol. The lowest BCUT2D eigenvalue weighted by Gasteiger charge is -2.04. The minimum Gasteiger partial charge on any atom is -0.481 e. The lowest BCUT2D eigenvalue weighted by atomic mass is 10.2. The van der Waals surface area contributed by atoms with Gasteiger partial charge in [-0.2, -0.15) is 0 Å². The standard InChI is InChI=1S/C11H9FN2O4/c12-6-1-2-8-7(5-6)10(17)14(11(18)13-8)4-3-9(15)16/h1-2,5H,3-4H2,(H,13,18)(H,15,16). The number of H-pyrrole nitrogens is 1. The second-order valence-electron chi connectivity index (χ2n) is 3.72. The fourth-order valence-electron chi connectivity index (χ4n) is 1.63. The molecule has 0 radical (unpaired) electrons. The van der Waals surface area contributed by atoms with Crippen LogP contribution in [0.5, 0.6) is 0 Å². The number of carboxylic acid groups (broad SMARTS) is 1. The van der Waals surface area contributed by atoms with Crippen LogP contribution in [0.1, 0.15) is 6.42 Å². The van der Waals surface area contributed by atoms with Gasteiger partial charge in [0, 0.05) is 6.54 Å².